The fourth-order valence-corrected chi connectivity index (χ4v) is 6.58. The van der Waals surface area contributed by atoms with Crippen molar-refractivity contribution < 1.29 is 23.8 Å². The van der Waals surface area contributed by atoms with Gasteiger partial charge in [-0.1, -0.05) is 12.1 Å². The molecule has 3 fully saturated rings. The van der Waals surface area contributed by atoms with Crippen LogP contribution in [0.5, 0.6) is 5.88 Å². The lowest BCUT2D eigenvalue weighted by Gasteiger charge is -2.34. The Balaban J connectivity index is 1.02. The Bertz CT molecular complexity index is 1750. The third-order valence-corrected chi connectivity index (χ3v) is 9.09. The number of aromatic nitrogens is 3. The molecule has 11 heteroatoms. The van der Waals surface area contributed by atoms with Crippen LogP contribution in [0.25, 0.3) is 11.0 Å². The van der Waals surface area contributed by atoms with Crippen LogP contribution < -0.4 is 9.64 Å². The molecule has 0 amide bonds. The van der Waals surface area contributed by atoms with Gasteiger partial charge in [0.05, 0.1) is 47.4 Å². The van der Waals surface area contributed by atoms with Gasteiger partial charge in [0.15, 0.2) is 0 Å². The molecule has 3 unspecified atom stereocenters. The number of anilines is 1. The normalized spacial score (nSPS) is 21.5. The number of benzene rings is 2. The molecule has 5 heterocycles. The molecule has 0 saturated carbocycles. The van der Waals surface area contributed by atoms with E-state index in [9.17, 15) is 14.3 Å². The number of piperidine rings is 1. The van der Waals surface area contributed by atoms with Crippen molar-refractivity contribution in [1.82, 2.24) is 19.4 Å². The summed E-state index contributed by atoms with van der Waals surface area (Å²) in [6, 6.07) is 17.1. The molecule has 2 aromatic carbocycles. The van der Waals surface area contributed by atoms with Crippen molar-refractivity contribution in [3.63, 3.8) is 0 Å². The summed E-state index contributed by atoms with van der Waals surface area (Å²) in [7, 11) is 0. The van der Waals surface area contributed by atoms with Crippen molar-refractivity contribution in [3.05, 3.63) is 82.9 Å². The molecular formula is C33H33FN6O4. The lowest BCUT2D eigenvalue weighted by Crippen LogP contribution is -2.40. The summed E-state index contributed by atoms with van der Waals surface area (Å²) >= 11 is 0. The lowest BCUT2D eigenvalue weighted by molar-refractivity contribution is -0.0592. The van der Waals surface area contributed by atoms with E-state index < -0.39 is 11.8 Å². The molecule has 0 bridgehead atoms. The number of carboxylic acid groups (broad SMARTS) is 1. The summed E-state index contributed by atoms with van der Waals surface area (Å²) in [5, 5.41) is 18.5. The first kappa shape index (κ1) is 28.3. The molecule has 7 rings (SSSR count). The van der Waals surface area contributed by atoms with Gasteiger partial charge in [0, 0.05) is 37.9 Å². The van der Waals surface area contributed by atoms with Crippen LogP contribution in [0.15, 0.2) is 54.6 Å². The summed E-state index contributed by atoms with van der Waals surface area (Å²) in [6.45, 7) is 5.88. The van der Waals surface area contributed by atoms with Gasteiger partial charge in [-0.25, -0.2) is 14.2 Å². The first-order valence-corrected chi connectivity index (χ1v) is 15.0. The maximum absolute atomic E-state index is 14.3. The maximum Gasteiger partial charge on any atom is 0.335 e. The quantitative estimate of drug-likeness (QED) is 0.299. The average Bonchev–Trinajstić information content (AvgIpc) is 3.58. The van der Waals surface area contributed by atoms with Gasteiger partial charge in [-0.15, -0.1) is 0 Å². The number of fused-ring (bicyclic) bond motifs is 2. The summed E-state index contributed by atoms with van der Waals surface area (Å²) < 4.78 is 28.0. The largest absolute Gasteiger partial charge is 0.478 e. The monoisotopic (exact) mass is 596 g/mol. The highest BCUT2D eigenvalue weighted by Gasteiger charge is 2.38. The number of pyridine rings is 1. The zero-order chi connectivity index (χ0) is 30.2. The molecule has 3 aliphatic rings. The fourth-order valence-electron chi connectivity index (χ4n) is 6.58. The molecule has 44 heavy (non-hydrogen) atoms. The van der Waals surface area contributed by atoms with Gasteiger partial charge < -0.3 is 24.0 Å². The highest BCUT2D eigenvalue weighted by molar-refractivity contribution is 5.92. The van der Waals surface area contributed by atoms with Crippen LogP contribution in [0.3, 0.4) is 0 Å². The molecule has 0 spiro atoms. The SMILES string of the molecule is N#Cc1ccc(COc2cccc(N3CC4CCN(Cc5nc6ccc(C(=O)O)cc6n5CC5CCO5)CC4C3)n2)c(F)c1. The molecule has 0 radical (unpaired) electrons. The summed E-state index contributed by atoms with van der Waals surface area (Å²) in [5.41, 5.74) is 2.56. The number of nitriles is 1. The molecule has 3 atom stereocenters. The van der Waals surface area contributed by atoms with Crippen molar-refractivity contribution in [1.29, 1.82) is 5.26 Å². The molecule has 0 aliphatic carbocycles. The predicted octanol–water partition coefficient (Wildman–Crippen LogP) is 4.47. The minimum atomic E-state index is -0.944. The van der Waals surface area contributed by atoms with Gasteiger partial charge in [0.1, 0.15) is 24.1 Å². The summed E-state index contributed by atoms with van der Waals surface area (Å²) in [6.07, 6.45) is 2.20. The van der Waals surface area contributed by atoms with Gasteiger partial charge in [-0.2, -0.15) is 10.2 Å². The van der Waals surface area contributed by atoms with E-state index >= 15 is 0 Å². The molecule has 4 aromatic rings. The smallest absolute Gasteiger partial charge is 0.335 e. The zero-order valence-electron chi connectivity index (χ0n) is 24.2. The van der Waals surface area contributed by atoms with Crippen LogP contribution >= 0.6 is 0 Å². The Morgan fingerprint density at radius 3 is 2.73 bits per heavy atom. The van der Waals surface area contributed by atoms with Crippen molar-refractivity contribution in [3.8, 4) is 11.9 Å². The van der Waals surface area contributed by atoms with E-state index in [-0.39, 0.29) is 23.8 Å². The van der Waals surface area contributed by atoms with E-state index in [0.29, 0.717) is 36.4 Å². The number of halogens is 1. The van der Waals surface area contributed by atoms with E-state index in [1.165, 1.54) is 6.07 Å². The minimum Gasteiger partial charge on any atom is -0.478 e. The number of aromatic carboxylic acids is 1. The predicted molar refractivity (Wildman–Crippen MR) is 160 cm³/mol. The number of likely N-dealkylation sites (tertiary alicyclic amines) is 1. The van der Waals surface area contributed by atoms with E-state index in [2.05, 4.69) is 14.4 Å². The Morgan fingerprint density at radius 1 is 1.09 bits per heavy atom. The fraction of sp³-hybridized carbons (Fsp3) is 0.394. The third kappa shape index (κ3) is 5.70. The number of ether oxygens (including phenoxy) is 2. The molecule has 10 nitrogen and oxygen atoms in total. The molecule has 3 saturated heterocycles. The summed E-state index contributed by atoms with van der Waals surface area (Å²) in [5.74, 6) is 1.85. The van der Waals surface area contributed by atoms with Crippen LogP contribution in [0, 0.1) is 29.0 Å². The van der Waals surface area contributed by atoms with Gasteiger partial charge >= 0.3 is 5.97 Å². The van der Waals surface area contributed by atoms with Crippen molar-refractivity contribution in [2.24, 2.45) is 11.8 Å². The van der Waals surface area contributed by atoms with Gasteiger partial charge in [-0.3, -0.25) is 4.90 Å². The van der Waals surface area contributed by atoms with Gasteiger partial charge in [-0.05, 0) is 67.6 Å². The van der Waals surface area contributed by atoms with E-state index in [1.807, 2.05) is 18.2 Å². The number of carboxylic acids is 1. The highest BCUT2D eigenvalue weighted by atomic mass is 19.1. The Hall–Kier alpha value is -4.53. The first-order chi connectivity index (χ1) is 21.4. The number of rotatable bonds is 9. The Kier molecular flexibility index (Phi) is 7.62. The lowest BCUT2D eigenvalue weighted by atomic mass is 9.89. The van der Waals surface area contributed by atoms with E-state index in [0.717, 1.165) is 68.3 Å². The zero-order valence-corrected chi connectivity index (χ0v) is 24.2. The summed E-state index contributed by atoms with van der Waals surface area (Å²) in [4.78, 5) is 26.1. The standard InChI is InChI=1S/C33H33FN6O4/c34-27-12-21(14-35)4-5-24(27)20-44-32-3-1-2-30(37-32)39-16-23-8-10-38(15-25(23)17-39)19-31-36-28-7-6-22(33(41)42)13-29(28)40(31)18-26-9-11-43-26/h1-7,12-13,23,25-26H,8-11,15-20H2,(H,41,42). The van der Waals surface area contributed by atoms with E-state index in [1.54, 1.807) is 36.4 Å². The van der Waals surface area contributed by atoms with Crippen molar-refractivity contribution in [2.45, 2.75) is 38.6 Å². The third-order valence-electron chi connectivity index (χ3n) is 9.09. The molecule has 2 aromatic heterocycles. The number of hydrogen-bond donors (Lipinski definition) is 1. The molecular weight excluding hydrogens is 563 g/mol. The topological polar surface area (TPSA) is 117 Å². The average molecular weight is 597 g/mol. The molecule has 226 valence electrons. The number of hydrogen-bond acceptors (Lipinski definition) is 8. The number of nitrogens with zero attached hydrogens (tertiary/aromatic N) is 6. The van der Waals surface area contributed by atoms with Crippen LogP contribution in [-0.4, -0.2) is 69.4 Å². The Morgan fingerprint density at radius 2 is 1.95 bits per heavy atom. The molecule has 1 N–H and O–H groups in total. The number of imidazole rings is 1. The highest BCUT2D eigenvalue weighted by Crippen LogP contribution is 2.35. The van der Waals surface area contributed by atoms with E-state index in [4.69, 9.17) is 24.7 Å². The minimum absolute atomic E-state index is 0.0312. The second-order valence-electron chi connectivity index (χ2n) is 11.9. The van der Waals surface area contributed by atoms with Crippen LogP contribution in [-0.2, 0) is 24.4 Å². The first-order valence-electron chi connectivity index (χ1n) is 15.0. The Labute approximate surface area is 254 Å². The van der Waals surface area contributed by atoms with Crippen LogP contribution in [0.4, 0.5) is 10.2 Å². The van der Waals surface area contributed by atoms with Crippen LogP contribution in [0.1, 0.15) is 40.2 Å². The van der Waals surface area contributed by atoms with Crippen molar-refractivity contribution >= 4 is 22.8 Å². The van der Waals surface area contributed by atoms with Crippen LogP contribution in [0.2, 0.25) is 0 Å². The molecule has 3 aliphatic heterocycles. The maximum atomic E-state index is 14.3. The second-order valence-corrected chi connectivity index (χ2v) is 11.9. The second kappa shape index (κ2) is 11.9. The van der Waals surface area contributed by atoms with Gasteiger partial charge in [0.25, 0.3) is 0 Å². The number of carbonyl (C=O) groups is 1. The van der Waals surface area contributed by atoms with Crippen molar-refractivity contribution in [2.75, 3.05) is 37.7 Å². The van der Waals surface area contributed by atoms with Gasteiger partial charge in [0.2, 0.25) is 5.88 Å².